The Labute approximate surface area is 238 Å². The number of methoxy groups -OCH3 is 2. The molecule has 1 atom stereocenters. The van der Waals surface area contributed by atoms with E-state index >= 15 is 0 Å². The molecule has 0 saturated carbocycles. The summed E-state index contributed by atoms with van der Waals surface area (Å²) in [4.78, 5) is 48.1. The highest BCUT2D eigenvalue weighted by molar-refractivity contribution is 7.99. The van der Waals surface area contributed by atoms with E-state index in [2.05, 4.69) is 32.2 Å². The molecule has 4 rings (SSSR count). The van der Waals surface area contributed by atoms with Gasteiger partial charge in [0.2, 0.25) is 0 Å². The number of benzene rings is 1. The van der Waals surface area contributed by atoms with Crippen molar-refractivity contribution in [1.29, 1.82) is 0 Å². The van der Waals surface area contributed by atoms with Gasteiger partial charge in [-0.1, -0.05) is 24.3 Å². The van der Waals surface area contributed by atoms with Crippen LogP contribution in [0.2, 0.25) is 0 Å². The molecule has 2 aliphatic rings. The van der Waals surface area contributed by atoms with Crippen molar-refractivity contribution < 1.29 is 28.6 Å². The number of nitrogens with zero attached hydrogens (tertiary/aromatic N) is 3. The Hall–Kier alpha value is -3.54. The Balaban J connectivity index is 1.55. The third kappa shape index (κ3) is 6.43. The zero-order valence-electron chi connectivity index (χ0n) is 23.6. The third-order valence-corrected chi connectivity index (χ3v) is 8.24. The van der Waals surface area contributed by atoms with Crippen LogP contribution in [0.4, 0.5) is 16.4 Å². The quantitative estimate of drug-likeness (QED) is 0.283. The lowest BCUT2D eigenvalue weighted by molar-refractivity contribution is -0.140. The standard InChI is InChI=1S/C28H37N5O6S/c1-27(2,3)39-26(36)31-21-18-9-7-6-8-17(18)16-28(21)11-13-33(14-12-28)23-20(25(35)38-5)30-24(22(29)32-23)40-15-10-19(34)37-4/h6-9,21H,10-16H2,1-5H3,(H2,29,32)(H,31,36)/t21-/m1/s1. The van der Waals surface area contributed by atoms with Crippen molar-refractivity contribution in [2.24, 2.45) is 5.41 Å². The lowest BCUT2D eigenvalue weighted by Gasteiger charge is -2.44. The number of nitrogens with one attached hydrogen (secondary N) is 1. The van der Waals surface area contributed by atoms with Crippen LogP contribution in [0.15, 0.2) is 29.3 Å². The van der Waals surface area contributed by atoms with E-state index in [0.29, 0.717) is 29.7 Å². The zero-order valence-corrected chi connectivity index (χ0v) is 24.4. The van der Waals surface area contributed by atoms with Crippen LogP contribution >= 0.6 is 11.8 Å². The number of alkyl carbamates (subject to hydrolysis) is 1. The summed E-state index contributed by atoms with van der Waals surface area (Å²) >= 11 is 1.23. The number of piperidine rings is 1. The highest BCUT2D eigenvalue weighted by Gasteiger charge is 2.49. The molecular weight excluding hydrogens is 534 g/mol. The summed E-state index contributed by atoms with van der Waals surface area (Å²) in [6, 6.07) is 7.98. The molecular formula is C28H37N5O6S. The van der Waals surface area contributed by atoms with Crippen LogP contribution in [0, 0.1) is 5.41 Å². The van der Waals surface area contributed by atoms with E-state index in [0.717, 1.165) is 24.8 Å². The number of carbonyl (C=O) groups is 3. The Morgan fingerprint density at radius 1 is 1.12 bits per heavy atom. The number of hydrogen-bond donors (Lipinski definition) is 2. The first kappa shape index (κ1) is 29.4. The molecule has 1 aromatic heterocycles. The topological polar surface area (TPSA) is 146 Å². The second-order valence-corrected chi connectivity index (χ2v) is 12.1. The number of thioether (sulfide) groups is 1. The number of fused-ring (bicyclic) bond motifs is 1. The molecule has 0 radical (unpaired) electrons. The van der Waals surface area contributed by atoms with Gasteiger partial charge in [0.15, 0.2) is 17.3 Å². The number of rotatable bonds is 7. The van der Waals surface area contributed by atoms with Crippen molar-refractivity contribution in [3.63, 3.8) is 0 Å². The molecule has 1 fully saturated rings. The average Bonchev–Trinajstić information content (AvgIpc) is 3.20. The minimum Gasteiger partial charge on any atom is -0.469 e. The van der Waals surface area contributed by atoms with Gasteiger partial charge in [0.05, 0.1) is 26.7 Å². The second kappa shape index (κ2) is 11.9. The van der Waals surface area contributed by atoms with Crippen LogP contribution in [-0.2, 0) is 25.4 Å². The van der Waals surface area contributed by atoms with Gasteiger partial charge in [-0.05, 0) is 51.2 Å². The lowest BCUT2D eigenvalue weighted by Crippen LogP contribution is -2.48. The Morgan fingerprint density at radius 3 is 2.48 bits per heavy atom. The van der Waals surface area contributed by atoms with E-state index in [-0.39, 0.29) is 35.4 Å². The molecule has 1 aliphatic heterocycles. The van der Waals surface area contributed by atoms with Crippen molar-refractivity contribution in [2.45, 2.75) is 63.1 Å². The normalized spacial score (nSPS) is 17.7. The maximum absolute atomic E-state index is 12.8. The number of aromatic nitrogens is 2. The molecule has 2 heterocycles. The molecule has 1 aliphatic carbocycles. The van der Waals surface area contributed by atoms with Gasteiger partial charge in [-0.15, -0.1) is 11.8 Å². The van der Waals surface area contributed by atoms with Gasteiger partial charge >= 0.3 is 18.0 Å². The van der Waals surface area contributed by atoms with E-state index in [9.17, 15) is 14.4 Å². The fourth-order valence-corrected chi connectivity index (χ4v) is 6.20. The van der Waals surface area contributed by atoms with E-state index in [4.69, 9.17) is 15.2 Å². The van der Waals surface area contributed by atoms with Gasteiger partial charge in [-0.3, -0.25) is 4.79 Å². The molecule has 1 amide bonds. The number of nitrogens with two attached hydrogens (primary N) is 1. The summed E-state index contributed by atoms with van der Waals surface area (Å²) < 4.78 is 15.3. The number of ether oxygens (including phenoxy) is 3. The fourth-order valence-electron chi connectivity index (χ4n) is 5.39. The zero-order chi connectivity index (χ0) is 29.1. The van der Waals surface area contributed by atoms with Crippen molar-refractivity contribution in [3.05, 3.63) is 41.1 Å². The molecule has 216 valence electrons. The number of esters is 2. The second-order valence-electron chi connectivity index (χ2n) is 11.1. The first-order chi connectivity index (χ1) is 19.0. The first-order valence-electron chi connectivity index (χ1n) is 13.2. The number of carbonyl (C=O) groups excluding carboxylic acids is 3. The van der Waals surface area contributed by atoms with Crippen LogP contribution in [-0.4, -0.2) is 66.7 Å². The number of amides is 1. The Morgan fingerprint density at radius 2 is 1.82 bits per heavy atom. The van der Waals surface area contributed by atoms with E-state index in [1.165, 1.54) is 31.5 Å². The van der Waals surface area contributed by atoms with Gasteiger partial charge in [0, 0.05) is 24.3 Å². The van der Waals surface area contributed by atoms with Crippen molar-refractivity contribution >= 4 is 41.4 Å². The summed E-state index contributed by atoms with van der Waals surface area (Å²) in [5, 5.41) is 3.51. The minimum atomic E-state index is -0.615. The smallest absolute Gasteiger partial charge is 0.408 e. The average molecular weight is 572 g/mol. The fraction of sp³-hybridized carbons (Fsp3) is 0.536. The predicted molar refractivity (Wildman–Crippen MR) is 151 cm³/mol. The molecule has 3 N–H and O–H groups in total. The lowest BCUT2D eigenvalue weighted by atomic mass is 9.72. The number of anilines is 2. The molecule has 0 unspecified atom stereocenters. The maximum atomic E-state index is 12.8. The van der Waals surface area contributed by atoms with Crippen LogP contribution in [0.5, 0.6) is 0 Å². The molecule has 1 saturated heterocycles. The Kier molecular flexibility index (Phi) is 8.77. The van der Waals surface area contributed by atoms with Gasteiger partial charge in [0.1, 0.15) is 10.6 Å². The largest absolute Gasteiger partial charge is 0.469 e. The highest BCUT2D eigenvalue weighted by atomic mass is 32.2. The van der Waals surface area contributed by atoms with E-state index in [1.54, 1.807) is 0 Å². The van der Waals surface area contributed by atoms with E-state index < -0.39 is 17.7 Å². The number of hydrogen-bond acceptors (Lipinski definition) is 11. The summed E-state index contributed by atoms with van der Waals surface area (Å²) in [6.45, 7) is 6.69. The molecule has 12 heteroatoms. The van der Waals surface area contributed by atoms with Gasteiger partial charge < -0.3 is 30.2 Å². The van der Waals surface area contributed by atoms with Crippen molar-refractivity contribution in [3.8, 4) is 0 Å². The van der Waals surface area contributed by atoms with Crippen LogP contribution < -0.4 is 16.0 Å². The van der Waals surface area contributed by atoms with Crippen LogP contribution in [0.25, 0.3) is 0 Å². The molecule has 11 nitrogen and oxygen atoms in total. The molecule has 1 aromatic carbocycles. The third-order valence-electron chi connectivity index (χ3n) is 7.26. The monoisotopic (exact) mass is 571 g/mol. The van der Waals surface area contributed by atoms with Crippen LogP contribution in [0.1, 0.15) is 67.7 Å². The first-order valence-corrected chi connectivity index (χ1v) is 14.2. The van der Waals surface area contributed by atoms with Crippen molar-refractivity contribution in [2.75, 3.05) is 43.7 Å². The van der Waals surface area contributed by atoms with Gasteiger partial charge in [-0.25, -0.2) is 19.6 Å². The molecule has 2 aromatic rings. The SMILES string of the molecule is COC(=O)CCSc1nc(C(=O)OC)c(N2CCC3(CC2)Cc2ccccc2[C@H]3NC(=O)OC(C)(C)C)nc1N. The summed E-state index contributed by atoms with van der Waals surface area (Å²) in [5.74, 6) is -0.0427. The number of nitrogen functional groups attached to an aromatic ring is 1. The van der Waals surface area contributed by atoms with Gasteiger partial charge in [0.25, 0.3) is 0 Å². The predicted octanol–water partition coefficient (Wildman–Crippen LogP) is 3.91. The summed E-state index contributed by atoms with van der Waals surface area (Å²) in [6.07, 6.45) is 2.03. The molecule has 40 heavy (non-hydrogen) atoms. The molecule has 0 bridgehead atoms. The highest BCUT2D eigenvalue weighted by Crippen LogP contribution is 2.52. The van der Waals surface area contributed by atoms with Gasteiger partial charge in [-0.2, -0.15) is 0 Å². The minimum absolute atomic E-state index is 0.0753. The molecule has 1 spiro atoms. The Bertz CT molecular complexity index is 1270. The van der Waals surface area contributed by atoms with E-state index in [1.807, 2.05) is 37.8 Å². The van der Waals surface area contributed by atoms with Crippen molar-refractivity contribution in [1.82, 2.24) is 15.3 Å². The van der Waals surface area contributed by atoms with Crippen LogP contribution in [0.3, 0.4) is 0 Å². The summed E-state index contributed by atoms with van der Waals surface area (Å²) in [5.41, 5.74) is 7.81. The summed E-state index contributed by atoms with van der Waals surface area (Å²) in [7, 11) is 2.62. The maximum Gasteiger partial charge on any atom is 0.408 e.